The molecule has 0 fully saturated rings. The predicted octanol–water partition coefficient (Wildman–Crippen LogP) is 1.98. The van der Waals surface area contributed by atoms with Crippen LogP contribution in [0.15, 0.2) is 59.5 Å². The highest BCUT2D eigenvalue weighted by molar-refractivity contribution is 5.80. The van der Waals surface area contributed by atoms with Crippen LogP contribution in [0.25, 0.3) is 10.8 Å². The lowest BCUT2D eigenvalue weighted by Gasteiger charge is -2.13. The maximum Gasteiger partial charge on any atom is 0.274 e. The molecule has 0 radical (unpaired) electrons. The largest absolute Gasteiger partial charge is 0.491 e. The van der Waals surface area contributed by atoms with Gasteiger partial charge in [-0.3, -0.25) is 4.79 Å². The van der Waals surface area contributed by atoms with E-state index >= 15 is 0 Å². The van der Waals surface area contributed by atoms with E-state index in [-0.39, 0.29) is 24.5 Å². The predicted molar refractivity (Wildman–Crippen MR) is 83.9 cm³/mol. The minimum atomic E-state index is -0.911. The van der Waals surface area contributed by atoms with Crippen molar-refractivity contribution in [3.05, 3.63) is 70.9 Å². The summed E-state index contributed by atoms with van der Waals surface area (Å²) in [4.78, 5) is 12.3. The van der Waals surface area contributed by atoms with Crippen LogP contribution in [0.3, 0.4) is 0 Å². The lowest BCUT2D eigenvalue weighted by Crippen LogP contribution is -2.31. The summed E-state index contributed by atoms with van der Waals surface area (Å²) in [7, 11) is 0. The second-order valence-electron chi connectivity index (χ2n) is 5.14. The average Bonchev–Trinajstić information content (AvgIpc) is 2.57. The van der Waals surface area contributed by atoms with E-state index in [1.54, 1.807) is 18.3 Å². The minimum absolute atomic E-state index is 0.0187. The van der Waals surface area contributed by atoms with E-state index in [4.69, 9.17) is 4.74 Å². The maximum atomic E-state index is 12.8. The fourth-order valence-electron chi connectivity index (χ4n) is 2.23. The Morgan fingerprint density at radius 2 is 1.91 bits per heavy atom. The van der Waals surface area contributed by atoms with E-state index in [2.05, 4.69) is 5.10 Å². The standard InChI is InChI=1S/C17H15FN2O3/c18-13-5-7-15(8-6-13)23-11-14(21)10-20-17(22)16-4-2-1-3-12(16)9-19-20/h1-9,14,21H,10-11H2. The molecule has 0 aliphatic heterocycles. The first-order valence-electron chi connectivity index (χ1n) is 7.15. The Bertz CT molecular complexity index is 862. The molecule has 1 atom stereocenters. The number of rotatable bonds is 5. The van der Waals surface area contributed by atoms with Crippen molar-refractivity contribution in [1.29, 1.82) is 0 Å². The highest BCUT2D eigenvalue weighted by atomic mass is 19.1. The summed E-state index contributed by atoms with van der Waals surface area (Å²) in [5, 5.41) is 15.4. The van der Waals surface area contributed by atoms with E-state index in [0.29, 0.717) is 11.1 Å². The van der Waals surface area contributed by atoms with Crippen molar-refractivity contribution in [3.63, 3.8) is 0 Å². The molecule has 1 heterocycles. The van der Waals surface area contributed by atoms with E-state index < -0.39 is 6.10 Å². The number of ether oxygens (including phenoxy) is 1. The molecule has 0 aliphatic rings. The number of fused-ring (bicyclic) bond motifs is 1. The number of benzene rings is 2. The van der Waals surface area contributed by atoms with Gasteiger partial charge < -0.3 is 9.84 Å². The normalized spacial score (nSPS) is 12.3. The topological polar surface area (TPSA) is 64.4 Å². The van der Waals surface area contributed by atoms with Gasteiger partial charge in [-0.1, -0.05) is 18.2 Å². The van der Waals surface area contributed by atoms with Crippen molar-refractivity contribution in [2.24, 2.45) is 0 Å². The Labute approximate surface area is 131 Å². The van der Waals surface area contributed by atoms with Crippen LogP contribution in [0.5, 0.6) is 5.75 Å². The third-order valence-electron chi connectivity index (χ3n) is 3.40. The SMILES string of the molecule is O=c1c2ccccc2cnn1CC(O)COc1ccc(F)cc1. The molecule has 0 spiro atoms. The summed E-state index contributed by atoms with van der Waals surface area (Å²) in [5.74, 6) is 0.0917. The molecule has 1 N–H and O–H groups in total. The Morgan fingerprint density at radius 3 is 2.70 bits per heavy atom. The van der Waals surface area contributed by atoms with Crippen LogP contribution in [0.1, 0.15) is 0 Å². The Kier molecular flexibility index (Phi) is 4.34. The first-order valence-corrected chi connectivity index (χ1v) is 7.15. The van der Waals surface area contributed by atoms with Crippen LogP contribution in [0, 0.1) is 5.82 Å². The van der Waals surface area contributed by atoms with Gasteiger partial charge in [0, 0.05) is 5.39 Å². The Balaban J connectivity index is 1.68. The molecule has 0 saturated heterocycles. The van der Waals surface area contributed by atoms with Gasteiger partial charge in [0.15, 0.2) is 0 Å². The third-order valence-corrected chi connectivity index (χ3v) is 3.40. The average molecular weight is 314 g/mol. The number of hydrogen-bond donors (Lipinski definition) is 1. The molecular weight excluding hydrogens is 299 g/mol. The van der Waals surface area contributed by atoms with E-state index in [1.807, 2.05) is 12.1 Å². The van der Waals surface area contributed by atoms with Gasteiger partial charge in [0.1, 0.15) is 24.3 Å². The number of aliphatic hydroxyl groups excluding tert-OH is 1. The Morgan fingerprint density at radius 1 is 1.17 bits per heavy atom. The summed E-state index contributed by atoms with van der Waals surface area (Å²) >= 11 is 0. The molecular formula is C17H15FN2O3. The monoisotopic (exact) mass is 314 g/mol. The fraction of sp³-hybridized carbons (Fsp3) is 0.176. The first kappa shape index (κ1) is 15.2. The summed E-state index contributed by atoms with van der Waals surface area (Å²) < 4.78 is 19.4. The summed E-state index contributed by atoms with van der Waals surface area (Å²) in [5.41, 5.74) is -0.260. The molecule has 3 rings (SSSR count). The van der Waals surface area contributed by atoms with Crippen molar-refractivity contribution in [3.8, 4) is 5.75 Å². The second-order valence-corrected chi connectivity index (χ2v) is 5.14. The molecule has 1 aromatic heterocycles. The first-order chi connectivity index (χ1) is 11.1. The zero-order valence-electron chi connectivity index (χ0n) is 12.2. The number of aromatic nitrogens is 2. The van der Waals surface area contributed by atoms with Crippen LogP contribution in [0.2, 0.25) is 0 Å². The summed E-state index contributed by atoms with van der Waals surface area (Å²) in [6.45, 7) is -0.00254. The molecule has 0 aliphatic carbocycles. The lowest BCUT2D eigenvalue weighted by molar-refractivity contribution is 0.0881. The third kappa shape index (κ3) is 3.54. The van der Waals surface area contributed by atoms with Crippen LogP contribution >= 0.6 is 0 Å². The van der Waals surface area contributed by atoms with E-state index in [1.165, 1.54) is 28.9 Å². The maximum absolute atomic E-state index is 12.8. The summed E-state index contributed by atoms with van der Waals surface area (Å²) in [6.07, 6.45) is 0.677. The van der Waals surface area contributed by atoms with E-state index in [9.17, 15) is 14.3 Å². The van der Waals surface area contributed by atoms with Gasteiger partial charge in [0.2, 0.25) is 0 Å². The smallest absolute Gasteiger partial charge is 0.274 e. The quantitative estimate of drug-likeness (QED) is 0.782. The fourth-order valence-corrected chi connectivity index (χ4v) is 2.23. The number of nitrogens with zero attached hydrogens (tertiary/aromatic N) is 2. The van der Waals surface area contributed by atoms with Crippen LogP contribution in [-0.4, -0.2) is 27.6 Å². The van der Waals surface area contributed by atoms with Crippen LogP contribution in [-0.2, 0) is 6.54 Å². The van der Waals surface area contributed by atoms with Crippen molar-refractivity contribution < 1.29 is 14.2 Å². The van der Waals surface area contributed by atoms with Gasteiger partial charge >= 0.3 is 0 Å². The zero-order valence-corrected chi connectivity index (χ0v) is 12.2. The zero-order chi connectivity index (χ0) is 16.2. The highest BCUT2D eigenvalue weighted by Crippen LogP contribution is 2.11. The molecule has 5 nitrogen and oxygen atoms in total. The van der Waals surface area contributed by atoms with Gasteiger partial charge in [0.25, 0.3) is 5.56 Å². The molecule has 118 valence electrons. The molecule has 6 heteroatoms. The van der Waals surface area contributed by atoms with Crippen LogP contribution < -0.4 is 10.3 Å². The molecule has 3 aromatic rings. The Hall–Kier alpha value is -2.73. The van der Waals surface area contributed by atoms with Gasteiger partial charge in [-0.15, -0.1) is 0 Å². The van der Waals surface area contributed by atoms with Crippen LogP contribution in [0.4, 0.5) is 4.39 Å². The van der Waals surface area contributed by atoms with Crippen molar-refractivity contribution in [1.82, 2.24) is 9.78 Å². The molecule has 2 aromatic carbocycles. The molecule has 1 unspecified atom stereocenters. The van der Waals surface area contributed by atoms with Gasteiger partial charge in [-0.2, -0.15) is 5.10 Å². The minimum Gasteiger partial charge on any atom is -0.491 e. The second kappa shape index (κ2) is 6.58. The molecule has 0 bridgehead atoms. The number of hydrogen-bond acceptors (Lipinski definition) is 4. The van der Waals surface area contributed by atoms with Crippen molar-refractivity contribution in [2.45, 2.75) is 12.6 Å². The molecule has 23 heavy (non-hydrogen) atoms. The van der Waals surface area contributed by atoms with Gasteiger partial charge in [-0.05, 0) is 30.3 Å². The summed E-state index contributed by atoms with van der Waals surface area (Å²) in [6, 6.07) is 12.6. The van der Waals surface area contributed by atoms with Crippen molar-refractivity contribution in [2.75, 3.05) is 6.61 Å². The van der Waals surface area contributed by atoms with Gasteiger partial charge in [-0.25, -0.2) is 9.07 Å². The number of aliphatic hydroxyl groups is 1. The van der Waals surface area contributed by atoms with E-state index in [0.717, 1.165) is 5.39 Å². The molecule has 0 saturated carbocycles. The lowest BCUT2D eigenvalue weighted by atomic mass is 10.2. The number of halogens is 1. The molecule has 0 amide bonds. The van der Waals surface area contributed by atoms with Gasteiger partial charge in [0.05, 0.1) is 18.1 Å². The van der Waals surface area contributed by atoms with Crippen molar-refractivity contribution >= 4 is 10.8 Å². The highest BCUT2D eigenvalue weighted by Gasteiger charge is 2.10.